The standard InChI is InChI=1S/C15H26N4/c1-3-16-9-14-10-17-11-15(18-14)19(2)12-13-7-5-4-6-8-13/h10-11,13,16H,3-9,12H2,1-2H3. The van der Waals surface area contributed by atoms with Crippen molar-refractivity contribution in [3.63, 3.8) is 0 Å². The zero-order chi connectivity index (χ0) is 13.5. The van der Waals surface area contributed by atoms with Gasteiger partial charge in [-0.2, -0.15) is 0 Å². The van der Waals surface area contributed by atoms with E-state index in [1.165, 1.54) is 32.1 Å². The molecule has 1 heterocycles. The number of nitrogens with one attached hydrogen (secondary N) is 1. The maximum atomic E-state index is 4.68. The Morgan fingerprint density at radius 2 is 2.05 bits per heavy atom. The molecule has 0 spiro atoms. The smallest absolute Gasteiger partial charge is 0.147 e. The van der Waals surface area contributed by atoms with Gasteiger partial charge in [-0.15, -0.1) is 0 Å². The second kappa shape index (κ2) is 7.43. The Bertz CT molecular complexity index is 374. The molecule has 0 aromatic carbocycles. The van der Waals surface area contributed by atoms with Gasteiger partial charge in [-0.1, -0.05) is 26.2 Å². The molecule has 4 heteroatoms. The van der Waals surface area contributed by atoms with Crippen molar-refractivity contribution < 1.29 is 0 Å². The average Bonchev–Trinajstić information content (AvgIpc) is 2.46. The van der Waals surface area contributed by atoms with Crippen LogP contribution in [-0.4, -0.2) is 30.1 Å². The van der Waals surface area contributed by atoms with Gasteiger partial charge in [0.1, 0.15) is 5.82 Å². The summed E-state index contributed by atoms with van der Waals surface area (Å²) in [5.74, 6) is 1.83. The van der Waals surface area contributed by atoms with E-state index in [-0.39, 0.29) is 0 Å². The zero-order valence-electron chi connectivity index (χ0n) is 12.2. The third kappa shape index (κ3) is 4.46. The van der Waals surface area contributed by atoms with Crippen molar-refractivity contribution in [2.24, 2.45) is 5.92 Å². The molecule has 1 aliphatic rings. The van der Waals surface area contributed by atoms with Crippen LogP contribution < -0.4 is 10.2 Å². The van der Waals surface area contributed by atoms with Gasteiger partial charge in [-0.3, -0.25) is 4.98 Å². The molecule has 1 aromatic rings. The monoisotopic (exact) mass is 262 g/mol. The predicted molar refractivity (Wildman–Crippen MR) is 79.3 cm³/mol. The van der Waals surface area contributed by atoms with Crippen molar-refractivity contribution in [3.8, 4) is 0 Å². The molecule has 1 aromatic heterocycles. The SMILES string of the molecule is CCNCc1cncc(N(C)CC2CCCCC2)n1. The zero-order valence-corrected chi connectivity index (χ0v) is 12.2. The fourth-order valence-corrected chi connectivity index (χ4v) is 2.77. The number of aromatic nitrogens is 2. The van der Waals surface area contributed by atoms with Crippen molar-refractivity contribution in [3.05, 3.63) is 18.1 Å². The lowest BCUT2D eigenvalue weighted by Crippen LogP contribution is -2.28. The van der Waals surface area contributed by atoms with Gasteiger partial charge in [0, 0.05) is 26.3 Å². The third-order valence-electron chi connectivity index (χ3n) is 3.88. The van der Waals surface area contributed by atoms with E-state index in [4.69, 9.17) is 0 Å². The van der Waals surface area contributed by atoms with Gasteiger partial charge in [-0.05, 0) is 25.3 Å². The lowest BCUT2D eigenvalue weighted by Gasteiger charge is -2.27. The van der Waals surface area contributed by atoms with Gasteiger partial charge in [0.15, 0.2) is 0 Å². The van der Waals surface area contributed by atoms with Crippen LogP contribution in [0.4, 0.5) is 5.82 Å². The third-order valence-corrected chi connectivity index (χ3v) is 3.88. The molecule has 1 aliphatic carbocycles. The van der Waals surface area contributed by atoms with E-state index in [2.05, 4.69) is 34.2 Å². The lowest BCUT2D eigenvalue weighted by molar-refractivity contribution is 0.361. The molecule has 0 radical (unpaired) electrons. The first kappa shape index (κ1) is 14.3. The van der Waals surface area contributed by atoms with E-state index in [0.29, 0.717) is 0 Å². The summed E-state index contributed by atoms with van der Waals surface area (Å²) < 4.78 is 0. The Morgan fingerprint density at radius 1 is 1.26 bits per heavy atom. The van der Waals surface area contributed by atoms with Gasteiger partial charge >= 0.3 is 0 Å². The highest BCUT2D eigenvalue weighted by molar-refractivity contribution is 5.35. The van der Waals surface area contributed by atoms with E-state index >= 15 is 0 Å². The Morgan fingerprint density at radius 3 is 2.79 bits per heavy atom. The summed E-state index contributed by atoms with van der Waals surface area (Å²) in [4.78, 5) is 11.2. The molecule has 0 saturated heterocycles. The van der Waals surface area contributed by atoms with Crippen LogP contribution in [0.15, 0.2) is 12.4 Å². The highest BCUT2D eigenvalue weighted by Crippen LogP contribution is 2.25. The van der Waals surface area contributed by atoms with Gasteiger partial charge in [0.2, 0.25) is 0 Å². The molecule has 0 unspecified atom stereocenters. The van der Waals surface area contributed by atoms with Crippen LogP contribution in [0.5, 0.6) is 0 Å². The van der Waals surface area contributed by atoms with Crippen molar-refractivity contribution in [2.75, 3.05) is 25.0 Å². The van der Waals surface area contributed by atoms with Crippen LogP contribution in [0.3, 0.4) is 0 Å². The van der Waals surface area contributed by atoms with E-state index in [1.807, 2.05) is 12.4 Å². The summed E-state index contributed by atoms with van der Waals surface area (Å²) >= 11 is 0. The highest BCUT2D eigenvalue weighted by atomic mass is 15.2. The first-order valence-electron chi connectivity index (χ1n) is 7.52. The lowest BCUT2D eigenvalue weighted by atomic mass is 9.89. The van der Waals surface area contributed by atoms with Gasteiger partial charge in [-0.25, -0.2) is 4.98 Å². The second-order valence-corrected chi connectivity index (χ2v) is 5.53. The van der Waals surface area contributed by atoms with E-state index in [0.717, 1.165) is 37.1 Å². The molecule has 0 aliphatic heterocycles. The molecule has 0 amide bonds. The molecular weight excluding hydrogens is 236 g/mol. The van der Waals surface area contributed by atoms with Crippen LogP contribution in [0.2, 0.25) is 0 Å². The fraction of sp³-hybridized carbons (Fsp3) is 0.733. The molecule has 2 rings (SSSR count). The average molecular weight is 262 g/mol. The summed E-state index contributed by atoms with van der Waals surface area (Å²) in [5, 5.41) is 3.29. The molecule has 1 saturated carbocycles. The minimum Gasteiger partial charge on any atom is -0.358 e. The molecule has 0 atom stereocenters. The summed E-state index contributed by atoms with van der Waals surface area (Å²) in [6.07, 6.45) is 10.7. The maximum absolute atomic E-state index is 4.68. The Kier molecular flexibility index (Phi) is 5.58. The van der Waals surface area contributed by atoms with Gasteiger partial charge in [0.25, 0.3) is 0 Å². The van der Waals surface area contributed by atoms with Crippen molar-refractivity contribution in [1.29, 1.82) is 0 Å². The normalized spacial score (nSPS) is 16.5. The molecule has 4 nitrogen and oxygen atoms in total. The minimum atomic E-state index is 0.800. The number of rotatable bonds is 6. The maximum Gasteiger partial charge on any atom is 0.147 e. The fourth-order valence-electron chi connectivity index (χ4n) is 2.77. The summed E-state index contributed by atoms with van der Waals surface area (Å²) in [5.41, 5.74) is 1.02. The summed E-state index contributed by atoms with van der Waals surface area (Å²) in [7, 11) is 2.13. The first-order valence-corrected chi connectivity index (χ1v) is 7.52. The molecule has 106 valence electrons. The number of hydrogen-bond acceptors (Lipinski definition) is 4. The first-order chi connectivity index (χ1) is 9.29. The molecule has 19 heavy (non-hydrogen) atoms. The second-order valence-electron chi connectivity index (χ2n) is 5.53. The van der Waals surface area contributed by atoms with Crippen LogP contribution in [0.25, 0.3) is 0 Å². The Hall–Kier alpha value is -1.16. The Labute approximate surface area is 116 Å². The van der Waals surface area contributed by atoms with Crippen LogP contribution in [-0.2, 0) is 6.54 Å². The quantitative estimate of drug-likeness (QED) is 0.855. The van der Waals surface area contributed by atoms with E-state index in [9.17, 15) is 0 Å². The van der Waals surface area contributed by atoms with E-state index in [1.54, 1.807) is 0 Å². The van der Waals surface area contributed by atoms with Gasteiger partial charge in [0.05, 0.1) is 11.9 Å². The highest BCUT2D eigenvalue weighted by Gasteiger charge is 2.16. The predicted octanol–water partition coefficient (Wildman–Crippen LogP) is 2.60. The van der Waals surface area contributed by atoms with Crippen molar-refractivity contribution in [1.82, 2.24) is 15.3 Å². The van der Waals surface area contributed by atoms with E-state index < -0.39 is 0 Å². The minimum absolute atomic E-state index is 0.800. The number of nitrogens with zero attached hydrogens (tertiary/aromatic N) is 3. The van der Waals surface area contributed by atoms with Crippen molar-refractivity contribution in [2.45, 2.75) is 45.6 Å². The molecule has 1 fully saturated rings. The van der Waals surface area contributed by atoms with Gasteiger partial charge < -0.3 is 10.2 Å². The largest absolute Gasteiger partial charge is 0.358 e. The number of anilines is 1. The van der Waals surface area contributed by atoms with Crippen molar-refractivity contribution >= 4 is 5.82 Å². The van der Waals surface area contributed by atoms with Crippen LogP contribution in [0, 0.1) is 5.92 Å². The van der Waals surface area contributed by atoms with Crippen LogP contribution in [0.1, 0.15) is 44.7 Å². The molecular formula is C15H26N4. The molecule has 1 N–H and O–H groups in total. The van der Waals surface area contributed by atoms with Crippen LogP contribution >= 0.6 is 0 Å². The summed E-state index contributed by atoms with van der Waals surface area (Å²) in [6.45, 7) is 4.98. The number of hydrogen-bond donors (Lipinski definition) is 1. The topological polar surface area (TPSA) is 41.1 Å². The Balaban J connectivity index is 1.91. The molecule has 0 bridgehead atoms. The summed E-state index contributed by atoms with van der Waals surface area (Å²) in [6, 6.07) is 0.